The Morgan fingerprint density at radius 3 is 2.71 bits per heavy atom. The number of hydrogen-bond acceptors (Lipinski definition) is 5. The van der Waals surface area contributed by atoms with Crippen LogP contribution in [0.1, 0.15) is 25.7 Å². The highest BCUT2D eigenvalue weighted by atomic mass is 16.5. The van der Waals surface area contributed by atoms with Crippen LogP contribution in [-0.4, -0.2) is 66.5 Å². The first-order valence-corrected chi connectivity index (χ1v) is 7.44. The maximum atomic E-state index is 12.2. The second-order valence-corrected chi connectivity index (χ2v) is 5.46. The van der Waals surface area contributed by atoms with Gasteiger partial charge in [0.2, 0.25) is 11.8 Å². The highest BCUT2D eigenvalue weighted by Crippen LogP contribution is 2.18. The number of nitrogens with two attached hydrogens (primary N) is 1. The summed E-state index contributed by atoms with van der Waals surface area (Å²) in [6.45, 7) is 2.92. The number of hydrogen-bond donors (Lipinski definition) is 1. The van der Waals surface area contributed by atoms with Crippen LogP contribution in [0.15, 0.2) is 0 Å². The minimum absolute atomic E-state index is 0.0137. The molecule has 2 aliphatic heterocycles. The van der Waals surface area contributed by atoms with Crippen LogP contribution in [0.4, 0.5) is 0 Å². The first kappa shape index (κ1) is 15.7. The molecular formula is C14H22N4O3. The predicted octanol–water partition coefficient (Wildman–Crippen LogP) is -0.533. The van der Waals surface area contributed by atoms with E-state index in [1.807, 2.05) is 0 Å². The van der Waals surface area contributed by atoms with Crippen LogP contribution in [-0.2, 0) is 14.3 Å². The molecule has 0 unspecified atom stereocenters. The monoisotopic (exact) mass is 294 g/mol. The third kappa shape index (κ3) is 3.93. The van der Waals surface area contributed by atoms with Crippen molar-refractivity contribution in [2.45, 2.75) is 37.8 Å². The quantitative estimate of drug-likeness (QED) is 0.751. The largest absolute Gasteiger partial charge is 0.378 e. The third-order valence-electron chi connectivity index (χ3n) is 4.04. The van der Waals surface area contributed by atoms with Gasteiger partial charge in [-0.15, -0.1) is 0 Å². The first-order chi connectivity index (χ1) is 10.1. The Bertz CT molecular complexity index is 428. The van der Waals surface area contributed by atoms with E-state index in [9.17, 15) is 9.59 Å². The summed E-state index contributed by atoms with van der Waals surface area (Å²) < 4.78 is 5.20. The minimum atomic E-state index is -0.705. The number of ether oxygens (including phenoxy) is 1. The molecule has 2 amide bonds. The summed E-state index contributed by atoms with van der Waals surface area (Å²) in [6, 6.07) is 1.06. The fraction of sp³-hybridized carbons (Fsp3) is 0.786. The normalized spacial score (nSPS) is 23.7. The number of carbonyl (C=O) groups excluding carboxylic acids is 2. The van der Waals surface area contributed by atoms with Gasteiger partial charge < -0.3 is 20.3 Å². The molecule has 2 heterocycles. The van der Waals surface area contributed by atoms with Crippen LogP contribution >= 0.6 is 0 Å². The Labute approximate surface area is 124 Å². The number of likely N-dealkylation sites (tertiary alicyclic amines) is 1. The lowest BCUT2D eigenvalue weighted by Crippen LogP contribution is -2.46. The number of morpholine rings is 1. The van der Waals surface area contributed by atoms with E-state index < -0.39 is 6.04 Å². The van der Waals surface area contributed by atoms with Gasteiger partial charge in [-0.3, -0.25) is 9.59 Å². The summed E-state index contributed by atoms with van der Waals surface area (Å²) >= 11 is 0. The highest BCUT2D eigenvalue weighted by Gasteiger charge is 2.31. The molecule has 116 valence electrons. The summed E-state index contributed by atoms with van der Waals surface area (Å²) in [6.07, 6.45) is 2.13. The molecule has 0 aromatic heterocycles. The summed E-state index contributed by atoms with van der Waals surface area (Å²) in [7, 11) is 0. The average molecular weight is 294 g/mol. The lowest BCUT2D eigenvalue weighted by molar-refractivity contribution is -0.136. The Balaban J connectivity index is 1.78. The number of amides is 2. The molecule has 2 fully saturated rings. The molecule has 2 rings (SSSR count). The lowest BCUT2D eigenvalue weighted by Gasteiger charge is -2.28. The highest BCUT2D eigenvalue weighted by molar-refractivity contribution is 5.83. The van der Waals surface area contributed by atoms with Crippen molar-refractivity contribution in [1.82, 2.24) is 9.80 Å². The Morgan fingerprint density at radius 2 is 2.05 bits per heavy atom. The van der Waals surface area contributed by atoms with Gasteiger partial charge in [0, 0.05) is 26.1 Å². The van der Waals surface area contributed by atoms with Crippen LogP contribution < -0.4 is 5.73 Å². The molecule has 0 radical (unpaired) electrons. The van der Waals surface area contributed by atoms with Gasteiger partial charge in [0.05, 0.1) is 25.3 Å². The van der Waals surface area contributed by atoms with Gasteiger partial charge in [0.25, 0.3) is 0 Å². The van der Waals surface area contributed by atoms with E-state index in [1.165, 1.54) is 0 Å². The molecule has 0 spiro atoms. The summed E-state index contributed by atoms with van der Waals surface area (Å²) in [5.41, 5.74) is 5.90. The smallest absolute Gasteiger partial charge is 0.240 e. The standard InChI is InChI=1S/C14H22N4O3/c15-10-11-2-1-5-18(11)14(20)12(16)3-4-13(19)17-6-8-21-9-7-17/h11-12H,1-9,16H2/t11-,12-/m0/s1. The molecule has 7 nitrogen and oxygen atoms in total. The second kappa shape index (κ2) is 7.38. The van der Waals surface area contributed by atoms with Crippen molar-refractivity contribution in [3.8, 4) is 6.07 Å². The number of nitrogens with zero attached hydrogens (tertiary/aromatic N) is 3. The zero-order valence-electron chi connectivity index (χ0n) is 12.2. The van der Waals surface area contributed by atoms with E-state index in [0.717, 1.165) is 6.42 Å². The summed E-state index contributed by atoms with van der Waals surface area (Å²) in [4.78, 5) is 27.5. The molecule has 0 aromatic rings. The lowest BCUT2D eigenvalue weighted by atomic mass is 10.1. The SMILES string of the molecule is N#C[C@@H]1CCCN1C(=O)[C@@H](N)CCC(=O)N1CCOCC1. The summed E-state index contributed by atoms with van der Waals surface area (Å²) in [5.74, 6) is -0.200. The maximum absolute atomic E-state index is 12.2. The van der Waals surface area contributed by atoms with Gasteiger partial charge in [0.15, 0.2) is 0 Å². The molecule has 7 heteroatoms. The van der Waals surface area contributed by atoms with E-state index >= 15 is 0 Å². The molecule has 0 bridgehead atoms. The van der Waals surface area contributed by atoms with Crippen molar-refractivity contribution in [1.29, 1.82) is 5.26 Å². The van der Waals surface area contributed by atoms with Crippen molar-refractivity contribution >= 4 is 11.8 Å². The molecule has 2 N–H and O–H groups in total. The number of nitriles is 1. The van der Waals surface area contributed by atoms with Gasteiger partial charge >= 0.3 is 0 Å². The van der Waals surface area contributed by atoms with Gasteiger partial charge in [-0.05, 0) is 19.3 Å². The van der Waals surface area contributed by atoms with E-state index in [1.54, 1.807) is 9.80 Å². The van der Waals surface area contributed by atoms with Crippen LogP contribution in [0, 0.1) is 11.3 Å². The fourth-order valence-electron chi connectivity index (χ4n) is 2.75. The van der Waals surface area contributed by atoms with Crippen molar-refractivity contribution in [2.24, 2.45) is 5.73 Å². The zero-order valence-corrected chi connectivity index (χ0v) is 12.2. The molecule has 2 saturated heterocycles. The molecule has 0 aliphatic carbocycles. The maximum Gasteiger partial charge on any atom is 0.240 e. The topological polar surface area (TPSA) is 99.7 Å². The minimum Gasteiger partial charge on any atom is -0.378 e. The van der Waals surface area contributed by atoms with Crippen molar-refractivity contribution in [3.05, 3.63) is 0 Å². The van der Waals surface area contributed by atoms with E-state index in [2.05, 4.69) is 6.07 Å². The first-order valence-electron chi connectivity index (χ1n) is 7.44. The molecular weight excluding hydrogens is 272 g/mol. The number of rotatable bonds is 4. The van der Waals surface area contributed by atoms with E-state index in [4.69, 9.17) is 15.7 Å². The Hall–Kier alpha value is -1.65. The molecule has 21 heavy (non-hydrogen) atoms. The van der Waals surface area contributed by atoms with Gasteiger partial charge in [0.1, 0.15) is 6.04 Å². The van der Waals surface area contributed by atoms with Gasteiger partial charge in [-0.2, -0.15) is 5.26 Å². The van der Waals surface area contributed by atoms with Crippen LogP contribution in [0.3, 0.4) is 0 Å². The van der Waals surface area contributed by atoms with Crippen molar-refractivity contribution in [3.63, 3.8) is 0 Å². The molecule has 2 atom stereocenters. The van der Waals surface area contributed by atoms with E-state index in [-0.39, 0.29) is 24.3 Å². The fourth-order valence-corrected chi connectivity index (χ4v) is 2.75. The molecule has 2 aliphatic rings. The summed E-state index contributed by atoms with van der Waals surface area (Å²) in [5, 5.41) is 9.00. The zero-order chi connectivity index (χ0) is 15.2. The predicted molar refractivity (Wildman–Crippen MR) is 75.0 cm³/mol. The number of carbonyl (C=O) groups is 2. The van der Waals surface area contributed by atoms with Crippen molar-refractivity contribution < 1.29 is 14.3 Å². The van der Waals surface area contributed by atoms with Gasteiger partial charge in [-0.25, -0.2) is 0 Å². The average Bonchev–Trinajstić information content (AvgIpc) is 3.00. The third-order valence-corrected chi connectivity index (χ3v) is 4.04. The van der Waals surface area contributed by atoms with Crippen LogP contribution in [0.5, 0.6) is 0 Å². The van der Waals surface area contributed by atoms with Crippen molar-refractivity contribution in [2.75, 3.05) is 32.8 Å². The van der Waals surface area contributed by atoms with Crippen LogP contribution in [0.2, 0.25) is 0 Å². The Morgan fingerprint density at radius 1 is 1.33 bits per heavy atom. The molecule has 0 saturated carbocycles. The van der Waals surface area contributed by atoms with Gasteiger partial charge in [-0.1, -0.05) is 0 Å². The van der Waals surface area contributed by atoms with Crippen LogP contribution in [0.25, 0.3) is 0 Å². The molecule has 0 aromatic carbocycles. The Kier molecular flexibility index (Phi) is 5.53. The second-order valence-electron chi connectivity index (χ2n) is 5.46. The van der Waals surface area contributed by atoms with E-state index in [0.29, 0.717) is 45.7 Å².